The summed E-state index contributed by atoms with van der Waals surface area (Å²) in [7, 11) is 0. The van der Waals surface area contributed by atoms with Gasteiger partial charge >= 0.3 is 0 Å². The molecule has 0 aliphatic rings. The van der Waals surface area contributed by atoms with E-state index in [1.807, 2.05) is 18.2 Å². The van der Waals surface area contributed by atoms with Gasteiger partial charge in [0.05, 0.1) is 5.56 Å². The standard InChI is InChI=1S/C22H31NOS/c1-17(2)9-7-10-18(3)11-8-12-19(4)15-16-23-22(24)20-13-5-6-14-21(20)25/h5-6,9,11,13-15,25H,7-8,10,12,16H2,1-4H3,(H,23,24)/b18-11+,19-15+. The van der Waals surface area contributed by atoms with Gasteiger partial charge in [0.15, 0.2) is 0 Å². The first-order chi connectivity index (χ1) is 11.9. The van der Waals surface area contributed by atoms with Crippen LogP contribution in [0.4, 0.5) is 0 Å². The number of thiol groups is 1. The Balaban J connectivity index is 2.33. The van der Waals surface area contributed by atoms with E-state index in [9.17, 15) is 4.79 Å². The lowest BCUT2D eigenvalue weighted by Gasteiger charge is -2.06. The highest BCUT2D eigenvalue weighted by atomic mass is 32.1. The fourth-order valence-electron chi connectivity index (χ4n) is 2.42. The first-order valence-corrected chi connectivity index (χ1v) is 9.35. The van der Waals surface area contributed by atoms with Crippen LogP contribution in [0.3, 0.4) is 0 Å². The first kappa shape index (κ1) is 21.3. The molecule has 0 aliphatic carbocycles. The molecule has 1 aromatic carbocycles. The van der Waals surface area contributed by atoms with Crippen molar-refractivity contribution in [1.29, 1.82) is 0 Å². The predicted octanol–water partition coefficient (Wildman–Crippen LogP) is 6.12. The number of carbonyl (C=O) groups excluding carboxylic acids is 1. The second-order valence-electron chi connectivity index (χ2n) is 6.69. The number of carbonyl (C=O) groups is 1. The third-order valence-corrected chi connectivity index (χ3v) is 4.37. The van der Waals surface area contributed by atoms with Crippen LogP contribution < -0.4 is 5.32 Å². The molecule has 136 valence electrons. The molecule has 1 aromatic rings. The van der Waals surface area contributed by atoms with Gasteiger partial charge in [0.2, 0.25) is 0 Å². The molecule has 25 heavy (non-hydrogen) atoms. The van der Waals surface area contributed by atoms with E-state index in [1.165, 1.54) is 16.7 Å². The smallest absolute Gasteiger partial charge is 0.252 e. The maximum atomic E-state index is 12.1. The molecule has 0 atom stereocenters. The van der Waals surface area contributed by atoms with Crippen LogP contribution in [-0.4, -0.2) is 12.5 Å². The van der Waals surface area contributed by atoms with Gasteiger partial charge in [-0.15, -0.1) is 12.6 Å². The highest BCUT2D eigenvalue weighted by Crippen LogP contribution is 2.13. The fourth-order valence-corrected chi connectivity index (χ4v) is 2.68. The zero-order valence-electron chi connectivity index (χ0n) is 15.9. The normalized spacial score (nSPS) is 12.0. The lowest BCUT2D eigenvalue weighted by Crippen LogP contribution is -2.23. The molecule has 0 saturated heterocycles. The van der Waals surface area contributed by atoms with Gasteiger partial charge in [-0.1, -0.05) is 47.1 Å². The van der Waals surface area contributed by atoms with Crippen LogP contribution in [0.5, 0.6) is 0 Å². The van der Waals surface area contributed by atoms with Gasteiger partial charge in [-0.05, 0) is 65.5 Å². The summed E-state index contributed by atoms with van der Waals surface area (Å²) in [5.74, 6) is -0.0790. The van der Waals surface area contributed by atoms with Crippen LogP contribution in [0.2, 0.25) is 0 Å². The predicted molar refractivity (Wildman–Crippen MR) is 111 cm³/mol. The van der Waals surface area contributed by atoms with Crippen molar-refractivity contribution in [3.8, 4) is 0 Å². The van der Waals surface area contributed by atoms with Crippen molar-refractivity contribution in [3.05, 3.63) is 64.8 Å². The van der Waals surface area contributed by atoms with Gasteiger partial charge < -0.3 is 5.32 Å². The molecular weight excluding hydrogens is 326 g/mol. The van der Waals surface area contributed by atoms with E-state index in [0.717, 1.165) is 25.7 Å². The van der Waals surface area contributed by atoms with E-state index in [-0.39, 0.29) is 5.91 Å². The van der Waals surface area contributed by atoms with Crippen molar-refractivity contribution in [3.63, 3.8) is 0 Å². The molecule has 0 saturated carbocycles. The zero-order chi connectivity index (χ0) is 18.7. The molecule has 1 rings (SSSR count). The van der Waals surface area contributed by atoms with Crippen molar-refractivity contribution < 1.29 is 4.79 Å². The number of nitrogens with one attached hydrogen (secondary N) is 1. The maximum absolute atomic E-state index is 12.1. The second kappa shape index (κ2) is 11.8. The van der Waals surface area contributed by atoms with Crippen LogP contribution in [-0.2, 0) is 0 Å². The highest BCUT2D eigenvalue weighted by Gasteiger charge is 2.06. The summed E-state index contributed by atoms with van der Waals surface area (Å²) in [6, 6.07) is 7.34. The molecule has 1 N–H and O–H groups in total. The van der Waals surface area contributed by atoms with Crippen LogP contribution in [0.15, 0.2) is 64.1 Å². The molecule has 0 unspecified atom stereocenters. The van der Waals surface area contributed by atoms with Crippen molar-refractivity contribution in [1.82, 2.24) is 5.32 Å². The Morgan fingerprint density at radius 2 is 1.56 bits per heavy atom. The van der Waals surface area contributed by atoms with E-state index in [1.54, 1.807) is 6.07 Å². The van der Waals surface area contributed by atoms with Crippen molar-refractivity contribution in [2.75, 3.05) is 6.54 Å². The Bertz CT molecular complexity index is 652. The van der Waals surface area contributed by atoms with E-state index in [4.69, 9.17) is 0 Å². The highest BCUT2D eigenvalue weighted by molar-refractivity contribution is 7.80. The number of amides is 1. The van der Waals surface area contributed by atoms with Gasteiger partial charge in [-0.25, -0.2) is 0 Å². The van der Waals surface area contributed by atoms with Gasteiger partial charge in [-0.3, -0.25) is 4.79 Å². The Kier molecular flexibility index (Phi) is 10.0. The molecule has 3 heteroatoms. The number of allylic oxidation sites excluding steroid dienone is 5. The van der Waals surface area contributed by atoms with E-state index in [0.29, 0.717) is 17.0 Å². The number of hydrogen-bond donors (Lipinski definition) is 2. The van der Waals surface area contributed by atoms with E-state index in [2.05, 4.69) is 63.9 Å². The third kappa shape index (κ3) is 9.35. The number of benzene rings is 1. The first-order valence-electron chi connectivity index (χ1n) is 8.91. The Morgan fingerprint density at radius 3 is 2.20 bits per heavy atom. The lowest BCUT2D eigenvalue weighted by molar-refractivity contribution is 0.0955. The molecule has 0 bridgehead atoms. The number of rotatable bonds is 9. The van der Waals surface area contributed by atoms with Crippen molar-refractivity contribution in [2.24, 2.45) is 0 Å². The van der Waals surface area contributed by atoms with Crippen molar-refractivity contribution >= 4 is 18.5 Å². The largest absolute Gasteiger partial charge is 0.349 e. The van der Waals surface area contributed by atoms with Crippen LogP contribution in [0.1, 0.15) is 63.7 Å². The molecule has 2 nitrogen and oxygen atoms in total. The molecular formula is C22H31NOS. The number of hydrogen-bond acceptors (Lipinski definition) is 2. The van der Waals surface area contributed by atoms with Gasteiger partial charge in [0.1, 0.15) is 0 Å². The summed E-state index contributed by atoms with van der Waals surface area (Å²) >= 11 is 4.31. The zero-order valence-corrected chi connectivity index (χ0v) is 16.8. The summed E-state index contributed by atoms with van der Waals surface area (Å²) in [5.41, 5.74) is 4.75. The quantitative estimate of drug-likeness (QED) is 0.404. The maximum Gasteiger partial charge on any atom is 0.252 e. The minimum absolute atomic E-state index is 0.0790. The molecule has 0 radical (unpaired) electrons. The molecule has 0 heterocycles. The summed E-state index contributed by atoms with van der Waals surface area (Å²) in [6.07, 6.45) is 11.0. The van der Waals surface area contributed by atoms with Crippen LogP contribution >= 0.6 is 12.6 Å². The molecule has 1 amide bonds. The average molecular weight is 358 g/mol. The van der Waals surface area contributed by atoms with Gasteiger partial charge in [-0.2, -0.15) is 0 Å². The topological polar surface area (TPSA) is 29.1 Å². The van der Waals surface area contributed by atoms with Gasteiger partial charge in [0, 0.05) is 11.4 Å². The van der Waals surface area contributed by atoms with Crippen molar-refractivity contribution in [2.45, 2.75) is 58.3 Å². The summed E-state index contributed by atoms with van der Waals surface area (Å²) < 4.78 is 0. The molecule has 0 fully saturated rings. The van der Waals surface area contributed by atoms with E-state index < -0.39 is 0 Å². The average Bonchev–Trinajstić information content (AvgIpc) is 2.54. The fraction of sp³-hybridized carbons (Fsp3) is 0.409. The van der Waals surface area contributed by atoms with E-state index >= 15 is 0 Å². The SMILES string of the molecule is CC(C)=CCC/C(C)=C/CC/C(C)=C/CNC(=O)c1ccccc1S. The Labute approximate surface area is 158 Å². The Hall–Kier alpha value is -1.74. The van der Waals surface area contributed by atoms with Crippen LogP contribution in [0, 0.1) is 0 Å². The lowest BCUT2D eigenvalue weighted by atomic mass is 10.1. The second-order valence-corrected chi connectivity index (χ2v) is 7.17. The van der Waals surface area contributed by atoms with Gasteiger partial charge in [0.25, 0.3) is 5.91 Å². The van der Waals surface area contributed by atoms with Crippen LogP contribution in [0.25, 0.3) is 0 Å². The summed E-state index contributed by atoms with van der Waals surface area (Å²) in [4.78, 5) is 12.8. The Morgan fingerprint density at radius 1 is 0.960 bits per heavy atom. The summed E-state index contributed by atoms with van der Waals surface area (Å²) in [6.45, 7) is 9.15. The monoisotopic (exact) mass is 357 g/mol. The minimum Gasteiger partial charge on any atom is -0.349 e. The summed E-state index contributed by atoms with van der Waals surface area (Å²) in [5, 5.41) is 2.92. The molecule has 0 aliphatic heterocycles. The molecule has 0 aromatic heterocycles. The minimum atomic E-state index is -0.0790. The molecule has 0 spiro atoms. The third-order valence-electron chi connectivity index (χ3n) is 3.98.